The molecule has 2 fully saturated rings. The van der Waals surface area contributed by atoms with Gasteiger partial charge in [0.15, 0.2) is 4.34 Å². The van der Waals surface area contributed by atoms with Gasteiger partial charge in [-0.15, -0.1) is 11.3 Å². The van der Waals surface area contributed by atoms with E-state index < -0.39 is 0 Å². The topological polar surface area (TPSA) is 79.4 Å². The Kier molecular flexibility index (Phi) is 7.00. The lowest BCUT2D eigenvalue weighted by molar-refractivity contribution is -0.122. The fourth-order valence-corrected chi connectivity index (χ4v) is 7.40. The highest BCUT2D eigenvalue weighted by molar-refractivity contribution is 8.01. The van der Waals surface area contributed by atoms with Gasteiger partial charge in [-0.2, -0.15) is 0 Å². The highest BCUT2D eigenvalue weighted by Gasteiger charge is 2.48. The third-order valence-electron chi connectivity index (χ3n) is 7.35. The summed E-state index contributed by atoms with van der Waals surface area (Å²) in [6.07, 6.45) is 3.61. The molecule has 2 aliphatic rings. The number of nitrogens with one attached hydrogen (secondary N) is 1. The summed E-state index contributed by atoms with van der Waals surface area (Å²) >= 11 is 2.86. The van der Waals surface area contributed by atoms with Gasteiger partial charge >= 0.3 is 0 Å². The van der Waals surface area contributed by atoms with Crippen LogP contribution in [-0.2, 0) is 14.4 Å². The molecule has 0 unspecified atom stereocenters. The van der Waals surface area contributed by atoms with E-state index in [0.29, 0.717) is 5.69 Å². The Morgan fingerprint density at radius 3 is 2.13 bits per heavy atom. The van der Waals surface area contributed by atoms with E-state index in [1.807, 2.05) is 72.8 Å². The molecule has 1 saturated carbocycles. The number of hydrogen-bond acceptors (Lipinski definition) is 6. The lowest BCUT2D eigenvalue weighted by atomic mass is 9.81. The van der Waals surface area contributed by atoms with Crippen LogP contribution in [0.2, 0.25) is 0 Å². The molecule has 0 radical (unpaired) electrons. The Morgan fingerprint density at radius 2 is 1.53 bits per heavy atom. The molecule has 2 heterocycles. The Hall–Kier alpha value is -3.49. The number of carbonyl (C=O) groups excluding carboxylic acids is 3. The van der Waals surface area contributed by atoms with Crippen molar-refractivity contribution in [1.29, 1.82) is 0 Å². The summed E-state index contributed by atoms with van der Waals surface area (Å²) in [5.74, 6) is -0.330. The number of nitrogens with zero attached hydrogens (tertiary/aromatic N) is 2. The molecule has 3 amide bonds. The van der Waals surface area contributed by atoms with Crippen molar-refractivity contribution >= 4 is 56.7 Å². The molecular formula is C30H27N3O3S2. The summed E-state index contributed by atoms with van der Waals surface area (Å²) in [7, 11) is 0. The van der Waals surface area contributed by atoms with Gasteiger partial charge < -0.3 is 5.32 Å². The summed E-state index contributed by atoms with van der Waals surface area (Å²) in [4.78, 5) is 45.0. The molecule has 38 heavy (non-hydrogen) atoms. The molecular weight excluding hydrogens is 514 g/mol. The molecule has 2 atom stereocenters. The summed E-state index contributed by atoms with van der Waals surface area (Å²) in [6, 6.07) is 25.2. The Morgan fingerprint density at radius 1 is 0.921 bits per heavy atom. The lowest BCUT2D eigenvalue weighted by Gasteiger charge is -2.19. The minimum Gasteiger partial charge on any atom is -0.344 e. The number of amides is 3. The van der Waals surface area contributed by atoms with Crippen molar-refractivity contribution in [3.05, 3.63) is 90.0 Å². The fraction of sp³-hybridized carbons (Fsp3) is 0.267. The molecule has 4 aromatic rings. The van der Waals surface area contributed by atoms with Crippen molar-refractivity contribution in [3.63, 3.8) is 0 Å². The maximum Gasteiger partial charge on any atom is 0.237 e. The highest BCUT2D eigenvalue weighted by Crippen LogP contribution is 2.41. The second kappa shape index (κ2) is 10.7. The summed E-state index contributed by atoms with van der Waals surface area (Å²) in [5.41, 5.74) is 3.46. The highest BCUT2D eigenvalue weighted by atomic mass is 32.2. The van der Waals surface area contributed by atoms with Gasteiger partial charge in [-0.3, -0.25) is 19.3 Å². The maximum atomic E-state index is 13.0. The van der Waals surface area contributed by atoms with Crippen LogP contribution in [0.5, 0.6) is 0 Å². The summed E-state index contributed by atoms with van der Waals surface area (Å²) in [5, 5.41) is 3.17. The largest absolute Gasteiger partial charge is 0.344 e. The zero-order valence-electron chi connectivity index (χ0n) is 20.7. The van der Waals surface area contributed by atoms with E-state index in [9.17, 15) is 14.4 Å². The number of thioether (sulfide) groups is 1. The SMILES string of the molecule is O=C(CSc1nc2ccc(N3C(=O)[C@H]4CCCC[C@H]4C3=O)cc2s1)NC(c1ccccc1)c1ccccc1. The summed E-state index contributed by atoms with van der Waals surface area (Å²) < 4.78 is 1.67. The predicted octanol–water partition coefficient (Wildman–Crippen LogP) is 5.97. The normalized spacial score (nSPS) is 19.2. The number of fused-ring (bicyclic) bond motifs is 2. The Bertz CT molecular complexity index is 1430. The Labute approximate surface area is 229 Å². The van der Waals surface area contributed by atoms with E-state index in [4.69, 9.17) is 0 Å². The van der Waals surface area contributed by atoms with Crippen molar-refractivity contribution < 1.29 is 14.4 Å². The molecule has 6 nitrogen and oxygen atoms in total. The molecule has 8 heteroatoms. The quantitative estimate of drug-likeness (QED) is 0.230. The van der Waals surface area contributed by atoms with Crippen LogP contribution in [0.3, 0.4) is 0 Å². The fourth-order valence-electron chi connectivity index (χ4n) is 5.49. The molecule has 0 spiro atoms. The van der Waals surface area contributed by atoms with Crippen molar-refractivity contribution in [3.8, 4) is 0 Å². The van der Waals surface area contributed by atoms with Gasteiger partial charge in [0, 0.05) is 0 Å². The minimum atomic E-state index is -0.234. The van der Waals surface area contributed by atoms with Crippen LogP contribution in [0.25, 0.3) is 10.2 Å². The standard InChI is InChI=1S/C30H27N3O3S2/c34-26(32-27(19-9-3-1-4-10-19)20-11-5-2-6-12-20)18-37-30-31-24-16-15-21(17-25(24)38-30)33-28(35)22-13-7-8-14-23(22)29(33)36/h1-6,9-12,15-17,22-23,27H,7-8,13-14,18H2,(H,32,34)/t22-,23+. The number of carbonyl (C=O) groups is 3. The zero-order valence-corrected chi connectivity index (χ0v) is 22.3. The van der Waals surface area contributed by atoms with Crippen LogP contribution in [-0.4, -0.2) is 28.5 Å². The molecule has 1 N–H and O–H groups in total. The predicted molar refractivity (Wildman–Crippen MR) is 151 cm³/mol. The first-order chi connectivity index (χ1) is 18.6. The number of imide groups is 1. The average molecular weight is 542 g/mol. The monoisotopic (exact) mass is 541 g/mol. The van der Waals surface area contributed by atoms with Crippen molar-refractivity contribution in [2.24, 2.45) is 11.8 Å². The van der Waals surface area contributed by atoms with Gasteiger partial charge in [0.2, 0.25) is 17.7 Å². The molecule has 1 aromatic heterocycles. The third-order valence-corrected chi connectivity index (χ3v) is 9.51. The zero-order chi connectivity index (χ0) is 26.1. The van der Waals surface area contributed by atoms with E-state index >= 15 is 0 Å². The van der Waals surface area contributed by atoms with Crippen molar-refractivity contribution in [2.75, 3.05) is 10.7 Å². The number of aromatic nitrogens is 1. The van der Waals surface area contributed by atoms with Crippen molar-refractivity contribution in [1.82, 2.24) is 10.3 Å². The molecule has 1 aliphatic carbocycles. The van der Waals surface area contributed by atoms with Crippen LogP contribution in [0.15, 0.2) is 83.2 Å². The maximum absolute atomic E-state index is 13.0. The lowest BCUT2D eigenvalue weighted by Crippen LogP contribution is -2.30. The van der Waals surface area contributed by atoms with Gasteiger partial charge in [0.25, 0.3) is 0 Å². The number of thiazole rings is 1. The molecule has 1 saturated heterocycles. The van der Waals surface area contributed by atoms with E-state index in [-0.39, 0.29) is 41.4 Å². The van der Waals surface area contributed by atoms with Crippen molar-refractivity contribution in [2.45, 2.75) is 36.1 Å². The number of rotatable bonds is 7. The first-order valence-electron chi connectivity index (χ1n) is 12.9. The number of anilines is 1. The van der Waals surface area contributed by atoms with Crippen LogP contribution < -0.4 is 10.2 Å². The molecule has 1 aliphatic heterocycles. The van der Waals surface area contributed by atoms with Gasteiger partial charge in [-0.25, -0.2) is 4.98 Å². The van der Waals surface area contributed by atoms with Gasteiger partial charge in [-0.1, -0.05) is 85.3 Å². The van der Waals surface area contributed by atoms with Crippen LogP contribution in [0.1, 0.15) is 42.9 Å². The van der Waals surface area contributed by atoms with E-state index in [1.165, 1.54) is 28.0 Å². The third kappa shape index (κ3) is 4.86. The molecule has 6 rings (SSSR count). The van der Waals surface area contributed by atoms with Gasteiger partial charge in [0.1, 0.15) is 0 Å². The van der Waals surface area contributed by atoms with Crippen LogP contribution >= 0.6 is 23.1 Å². The number of hydrogen-bond donors (Lipinski definition) is 1. The van der Waals surface area contributed by atoms with E-state index in [2.05, 4.69) is 10.3 Å². The first kappa shape index (κ1) is 24.8. The molecule has 192 valence electrons. The second-order valence-corrected chi connectivity index (χ2v) is 12.0. The van der Waals surface area contributed by atoms with Crippen LogP contribution in [0, 0.1) is 11.8 Å². The average Bonchev–Trinajstić information content (AvgIpc) is 3.49. The van der Waals surface area contributed by atoms with Gasteiger partial charge in [0.05, 0.1) is 39.5 Å². The van der Waals surface area contributed by atoms with E-state index in [1.54, 1.807) is 6.07 Å². The second-order valence-electron chi connectivity index (χ2n) is 9.75. The number of benzene rings is 3. The van der Waals surface area contributed by atoms with Gasteiger partial charge in [-0.05, 0) is 42.2 Å². The first-order valence-corrected chi connectivity index (χ1v) is 14.7. The molecule has 3 aromatic carbocycles. The van der Waals surface area contributed by atoms with Crippen LogP contribution in [0.4, 0.5) is 5.69 Å². The summed E-state index contributed by atoms with van der Waals surface area (Å²) in [6.45, 7) is 0. The smallest absolute Gasteiger partial charge is 0.237 e. The minimum absolute atomic E-state index is 0.0683. The molecule has 0 bridgehead atoms. The van der Waals surface area contributed by atoms with E-state index in [0.717, 1.165) is 51.4 Å². The Balaban J connectivity index is 1.15.